The predicted molar refractivity (Wildman–Crippen MR) is 143 cm³/mol. The summed E-state index contributed by atoms with van der Waals surface area (Å²) in [6, 6.07) is 12.5. The highest BCUT2D eigenvalue weighted by molar-refractivity contribution is 5.98. The van der Waals surface area contributed by atoms with Crippen molar-refractivity contribution < 1.29 is 24.2 Å². The van der Waals surface area contributed by atoms with Crippen LogP contribution < -0.4 is 9.47 Å². The second-order valence-corrected chi connectivity index (χ2v) is 9.74. The summed E-state index contributed by atoms with van der Waals surface area (Å²) >= 11 is 0. The van der Waals surface area contributed by atoms with E-state index in [1.165, 1.54) is 0 Å². The summed E-state index contributed by atoms with van der Waals surface area (Å²) < 4.78 is 11.6. The fourth-order valence-corrected chi connectivity index (χ4v) is 4.45. The highest BCUT2D eigenvalue weighted by atomic mass is 16.5. The molecule has 9 heteroatoms. The Balaban J connectivity index is 1.63. The van der Waals surface area contributed by atoms with Gasteiger partial charge in [-0.2, -0.15) is 0 Å². The third-order valence-electron chi connectivity index (χ3n) is 6.90. The van der Waals surface area contributed by atoms with Crippen LogP contribution in [0.1, 0.15) is 29.8 Å². The van der Waals surface area contributed by atoms with Crippen molar-refractivity contribution in [3.05, 3.63) is 72.2 Å². The molecule has 0 bridgehead atoms. The molecule has 0 radical (unpaired) electrons. The molecular formula is C29H34N4O5. The fraction of sp³-hybridized carbons (Fsp3) is 0.379. The largest absolute Gasteiger partial charge is 0.497 e. The predicted octanol–water partition coefficient (Wildman–Crippen LogP) is 3.07. The number of fused-ring (bicyclic) bond motifs is 1. The molecule has 2 aromatic heterocycles. The normalized spacial score (nSPS) is 18.0. The number of pyridine rings is 2. The van der Waals surface area contributed by atoms with E-state index in [2.05, 4.69) is 9.97 Å². The third kappa shape index (κ3) is 6.11. The van der Waals surface area contributed by atoms with Crippen LogP contribution in [0.25, 0.3) is 11.1 Å². The van der Waals surface area contributed by atoms with E-state index in [9.17, 15) is 14.7 Å². The first-order valence-electron chi connectivity index (χ1n) is 12.7. The number of hydrogen-bond donors (Lipinski definition) is 1. The van der Waals surface area contributed by atoms with Crippen LogP contribution in [0.15, 0.2) is 61.1 Å². The summed E-state index contributed by atoms with van der Waals surface area (Å²) in [4.78, 5) is 38.5. The van der Waals surface area contributed by atoms with Gasteiger partial charge in [-0.15, -0.1) is 0 Å². The van der Waals surface area contributed by atoms with Crippen molar-refractivity contribution >= 4 is 11.8 Å². The smallest absolute Gasteiger partial charge is 0.259 e. The first-order chi connectivity index (χ1) is 18.3. The zero-order chi connectivity index (χ0) is 27.2. The van der Waals surface area contributed by atoms with E-state index < -0.39 is 12.1 Å². The van der Waals surface area contributed by atoms with Crippen LogP contribution in [0, 0.1) is 5.92 Å². The Morgan fingerprint density at radius 2 is 2.00 bits per heavy atom. The number of aliphatic hydroxyl groups excluding tert-OH is 1. The summed E-state index contributed by atoms with van der Waals surface area (Å²) in [5.41, 5.74) is 2.79. The molecule has 200 valence electrons. The zero-order valence-corrected chi connectivity index (χ0v) is 22.2. The molecule has 38 heavy (non-hydrogen) atoms. The maximum absolute atomic E-state index is 13.7. The maximum Gasteiger partial charge on any atom is 0.259 e. The standard InChI is InChI=1S/C29H34N4O5/c1-19-16-33(20(2)18-34)29(36)25-13-23(22-7-9-24(37-4)10-8-22)15-31-28(25)38-26(19)17-32(3)27(35)12-21-6-5-11-30-14-21/h5-11,13-15,19-20,26,34H,12,16-18H2,1-4H3/t19-,20+,26+/m1/s1. The van der Waals surface area contributed by atoms with Crippen molar-refractivity contribution in [3.8, 4) is 22.8 Å². The topological polar surface area (TPSA) is 105 Å². The minimum absolute atomic E-state index is 0.0597. The van der Waals surface area contributed by atoms with Crippen LogP contribution in [-0.4, -0.2) is 82.7 Å². The lowest BCUT2D eigenvalue weighted by molar-refractivity contribution is -0.130. The Labute approximate surface area is 223 Å². The molecule has 2 amide bonds. The minimum atomic E-state index is -0.419. The van der Waals surface area contributed by atoms with Gasteiger partial charge in [0.15, 0.2) is 0 Å². The number of amides is 2. The van der Waals surface area contributed by atoms with Crippen molar-refractivity contribution in [2.75, 3.05) is 33.9 Å². The average Bonchev–Trinajstić information content (AvgIpc) is 2.94. The molecule has 1 aliphatic rings. The van der Waals surface area contributed by atoms with Gasteiger partial charge < -0.3 is 24.4 Å². The van der Waals surface area contributed by atoms with Gasteiger partial charge in [0.1, 0.15) is 17.4 Å². The number of aliphatic hydroxyl groups is 1. The lowest BCUT2D eigenvalue weighted by Crippen LogP contribution is -2.50. The summed E-state index contributed by atoms with van der Waals surface area (Å²) in [5.74, 6) is 0.505. The highest BCUT2D eigenvalue weighted by Crippen LogP contribution is 2.31. The molecule has 1 aliphatic heterocycles. The molecule has 3 atom stereocenters. The van der Waals surface area contributed by atoms with Crippen molar-refractivity contribution in [1.82, 2.24) is 19.8 Å². The summed E-state index contributed by atoms with van der Waals surface area (Å²) in [6.45, 7) is 4.30. The molecule has 0 saturated carbocycles. The Morgan fingerprint density at radius 1 is 1.24 bits per heavy atom. The van der Waals surface area contributed by atoms with Crippen LogP contribution in [0.4, 0.5) is 0 Å². The molecule has 0 aliphatic carbocycles. The van der Waals surface area contributed by atoms with Crippen LogP contribution >= 0.6 is 0 Å². The monoisotopic (exact) mass is 518 g/mol. The number of carbonyl (C=O) groups is 2. The molecule has 0 fully saturated rings. The molecule has 3 heterocycles. The number of rotatable bonds is 8. The first-order valence-corrected chi connectivity index (χ1v) is 12.7. The lowest BCUT2D eigenvalue weighted by atomic mass is 9.99. The number of nitrogens with zero attached hydrogens (tertiary/aromatic N) is 4. The minimum Gasteiger partial charge on any atom is -0.497 e. The van der Waals surface area contributed by atoms with Gasteiger partial charge in [-0.25, -0.2) is 4.98 Å². The Bertz CT molecular complexity index is 1250. The van der Waals surface area contributed by atoms with Crippen LogP contribution in [0.3, 0.4) is 0 Å². The third-order valence-corrected chi connectivity index (χ3v) is 6.90. The molecule has 1 N–H and O–H groups in total. The van der Waals surface area contributed by atoms with Crippen molar-refractivity contribution in [2.24, 2.45) is 5.92 Å². The van der Waals surface area contributed by atoms with Crippen LogP contribution in [0.2, 0.25) is 0 Å². The van der Waals surface area contributed by atoms with Gasteiger partial charge in [-0.3, -0.25) is 14.6 Å². The number of aromatic nitrogens is 2. The van der Waals surface area contributed by atoms with Gasteiger partial charge in [0, 0.05) is 43.7 Å². The van der Waals surface area contributed by atoms with Gasteiger partial charge in [-0.1, -0.05) is 25.1 Å². The van der Waals surface area contributed by atoms with Crippen molar-refractivity contribution in [3.63, 3.8) is 0 Å². The summed E-state index contributed by atoms with van der Waals surface area (Å²) in [7, 11) is 3.35. The number of likely N-dealkylation sites (N-methyl/N-ethyl adjacent to an activating group) is 1. The highest BCUT2D eigenvalue weighted by Gasteiger charge is 2.34. The summed E-state index contributed by atoms with van der Waals surface area (Å²) in [6.07, 6.45) is 4.84. The number of carbonyl (C=O) groups excluding carboxylic acids is 2. The molecule has 4 rings (SSSR count). The van der Waals surface area contributed by atoms with E-state index in [4.69, 9.17) is 9.47 Å². The number of ether oxygens (including phenoxy) is 2. The van der Waals surface area contributed by atoms with E-state index in [0.29, 0.717) is 18.7 Å². The van der Waals surface area contributed by atoms with Crippen molar-refractivity contribution in [2.45, 2.75) is 32.4 Å². The summed E-state index contributed by atoms with van der Waals surface area (Å²) in [5, 5.41) is 9.90. The Hall–Kier alpha value is -3.98. The molecule has 9 nitrogen and oxygen atoms in total. The average molecular weight is 519 g/mol. The van der Waals surface area contributed by atoms with E-state index in [0.717, 1.165) is 22.4 Å². The van der Waals surface area contributed by atoms with Gasteiger partial charge >= 0.3 is 0 Å². The molecule has 0 unspecified atom stereocenters. The molecule has 3 aromatic rings. The van der Waals surface area contributed by atoms with E-state index in [1.807, 2.05) is 44.2 Å². The maximum atomic E-state index is 13.7. The van der Waals surface area contributed by atoms with Crippen LogP contribution in [0.5, 0.6) is 11.6 Å². The number of hydrogen-bond acceptors (Lipinski definition) is 7. The van der Waals surface area contributed by atoms with E-state index >= 15 is 0 Å². The quantitative estimate of drug-likeness (QED) is 0.489. The van der Waals surface area contributed by atoms with Gasteiger partial charge in [0.25, 0.3) is 5.91 Å². The van der Waals surface area contributed by atoms with Crippen molar-refractivity contribution in [1.29, 1.82) is 0 Å². The SMILES string of the molecule is COc1ccc(-c2cnc3c(c2)C(=O)N([C@@H](C)CO)C[C@@H](C)[C@H](CN(C)C(=O)Cc2cccnc2)O3)cc1. The molecule has 0 saturated heterocycles. The van der Waals surface area contributed by atoms with E-state index in [-0.39, 0.29) is 36.6 Å². The van der Waals surface area contributed by atoms with E-state index in [1.54, 1.807) is 54.7 Å². The number of benzene rings is 1. The molecule has 1 aromatic carbocycles. The Morgan fingerprint density at radius 3 is 2.66 bits per heavy atom. The fourth-order valence-electron chi connectivity index (χ4n) is 4.45. The van der Waals surface area contributed by atoms with Gasteiger partial charge in [0.2, 0.25) is 11.8 Å². The second kappa shape index (κ2) is 12.0. The second-order valence-electron chi connectivity index (χ2n) is 9.74. The number of methoxy groups -OCH3 is 1. The van der Waals surface area contributed by atoms with Gasteiger partial charge in [0.05, 0.1) is 32.7 Å². The van der Waals surface area contributed by atoms with Crippen LogP contribution in [-0.2, 0) is 11.2 Å². The zero-order valence-electron chi connectivity index (χ0n) is 22.2. The van der Waals surface area contributed by atoms with Gasteiger partial charge in [-0.05, 0) is 42.3 Å². The first kappa shape index (κ1) is 27.1. The molecule has 0 spiro atoms. The lowest BCUT2D eigenvalue weighted by Gasteiger charge is -2.37. The Kier molecular flexibility index (Phi) is 8.58. The molecular weight excluding hydrogens is 484 g/mol.